The Bertz CT molecular complexity index is 1150. The molecule has 1 atom stereocenters. The lowest BCUT2D eigenvalue weighted by Gasteiger charge is -2.14. The second kappa shape index (κ2) is 8.55. The third-order valence-corrected chi connectivity index (χ3v) is 6.26. The van der Waals surface area contributed by atoms with Crippen molar-refractivity contribution in [1.29, 1.82) is 0 Å². The molecule has 4 aromatic rings. The largest absolute Gasteiger partial charge is 0.452 e. The number of hydrogen-bond donors (Lipinski definition) is 1. The van der Waals surface area contributed by atoms with Gasteiger partial charge in [-0.2, -0.15) is 0 Å². The Labute approximate surface area is 176 Å². The minimum absolute atomic E-state index is 0.0355. The first-order chi connectivity index (χ1) is 14.1. The van der Waals surface area contributed by atoms with Crippen LogP contribution in [0.5, 0.6) is 0 Å². The summed E-state index contributed by atoms with van der Waals surface area (Å²) in [5.74, 6) is -0.846. The molecule has 29 heavy (non-hydrogen) atoms. The van der Waals surface area contributed by atoms with Gasteiger partial charge in [0.1, 0.15) is 5.01 Å². The summed E-state index contributed by atoms with van der Waals surface area (Å²) in [5, 5.41) is 9.52. The summed E-state index contributed by atoms with van der Waals surface area (Å²) in [6.45, 7) is 1.57. The zero-order valence-electron chi connectivity index (χ0n) is 15.6. The number of carbonyl (C=O) groups is 2. The van der Waals surface area contributed by atoms with Crippen LogP contribution in [0.25, 0.3) is 20.7 Å². The number of rotatable bonds is 6. The summed E-state index contributed by atoms with van der Waals surface area (Å²) in [5.41, 5.74) is 1.33. The summed E-state index contributed by atoms with van der Waals surface area (Å²) >= 11 is 3.09. The molecule has 0 radical (unpaired) electrons. The maximum atomic E-state index is 12.5. The van der Waals surface area contributed by atoms with Gasteiger partial charge in [0.15, 0.2) is 6.10 Å². The highest BCUT2D eigenvalue weighted by Crippen LogP contribution is 2.28. The van der Waals surface area contributed by atoms with Crippen molar-refractivity contribution in [3.05, 3.63) is 71.1 Å². The van der Waals surface area contributed by atoms with E-state index in [4.69, 9.17) is 4.74 Å². The van der Waals surface area contributed by atoms with E-state index in [1.165, 1.54) is 11.3 Å². The molecule has 7 heteroatoms. The lowest BCUT2D eigenvalue weighted by Crippen LogP contribution is -2.30. The third kappa shape index (κ3) is 4.52. The average Bonchev–Trinajstić information content (AvgIpc) is 3.40. The molecule has 1 unspecified atom stereocenters. The first kappa shape index (κ1) is 19.3. The van der Waals surface area contributed by atoms with Crippen molar-refractivity contribution in [2.75, 3.05) is 5.32 Å². The number of benzene rings is 2. The van der Waals surface area contributed by atoms with Crippen LogP contribution in [0.15, 0.2) is 65.4 Å². The summed E-state index contributed by atoms with van der Waals surface area (Å²) < 4.78 is 5.32. The number of hydrogen-bond acceptors (Lipinski definition) is 6. The number of nitrogens with zero attached hydrogens (tertiary/aromatic N) is 1. The highest BCUT2D eigenvalue weighted by molar-refractivity contribution is 7.20. The Kier molecular flexibility index (Phi) is 5.69. The van der Waals surface area contributed by atoms with Gasteiger partial charge in [-0.05, 0) is 29.8 Å². The van der Waals surface area contributed by atoms with Gasteiger partial charge >= 0.3 is 5.97 Å². The quantitative estimate of drug-likeness (QED) is 0.437. The Morgan fingerprint density at radius 3 is 2.72 bits per heavy atom. The molecule has 2 heterocycles. The van der Waals surface area contributed by atoms with Gasteiger partial charge in [-0.1, -0.05) is 42.5 Å². The summed E-state index contributed by atoms with van der Waals surface area (Å²) in [6.07, 6.45) is -0.870. The molecule has 1 N–H and O–H groups in total. The predicted octanol–water partition coefficient (Wildman–Crippen LogP) is 5.14. The fourth-order valence-corrected chi connectivity index (χ4v) is 4.54. The smallest absolute Gasteiger partial charge is 0.312 e. The Balaban J connectivity index is 1.36. The lowest BCUT2D eigenvalue weighted by molar-refractivity contribution is -0.152. The number of fused-ring (bicyclic) bond motifs is 1. The van der Waals surface area contributed by atoms with Gasteiger partial charge in [-0.15, -0.1) is 22.7 Å². The molecule has 0 saturated heterocycles. The van der Waals surface area contributed by atoms with Crippen molar-refractivity contribution in [3.8, 4) is 9.88 Å². The van der Waals surface area contributed by atoms with Gasteiger partial charge in [-0.3, -0.25) is 9.59 Å². The van der Waals surface area contributed by atoms with Crippen LogP contribution in [-0.4, -0.2) is 23.0 Å². The Morgan fingerprint density at radius 2 is 1.90 bits per heavy atom. The highest BCUT2D eigenvalue weighted by Gasteiger charge is 2.20. The first-order valence-electron chi connectivity index (χ1n) is 9.06. The lowest BCUT2D eigenvalue weighted by atomic mass is 10.1. The molecular formula is C22H18N2O3S2. The molecule has 0 aliphatic carbocycles. The van der Waals surface area contributed by atoms with Gasteiger partial charge in [0.25, 0.3) is 5.91 Å². The van der Waals surface area contributed by atoms with E-state index in [0.717, 1.165) is 20.7 Å². The summed E-state index contributed by atoms with van der Waals surface area (Å²) in [6, 6.07) is 17.4. The SMILES string of the molecule is CC(OC(=O)Cc1csc(-c2cccs2)n1)C(=O)Nc1cccc2ccccc12. The number of amides is 1. The van der Waals surface area contributed by atoms with Crippen LogP contribution in [0.3, 0.4) is 0 Å². The number of thiophene rings is 1. The van der Waals surface area contributed by atoms with Crippen LogP contribution in [-0.2, 0) is 20.7 Å². The minimum Gasteiger partial charge on any atom is -0.452 e. The van der Waals surface area contributed by atoms with E-state index < -0.39 is 12.1 Å². The molecule has 0 fully saturated rings. The molecular weight excluding hydrogens is 404 g/mol. The molecule has 1 amide bonds. The monoisotopic (exact) mass is 422 g/mol. The maximum Gasteiger partial charge on any atom is 0.312 e. The zero-order valence-corrected chi connectivity index (χ0v) is 17.3. The Hall–Kier alpha value is -3.03. The molecule has 0 aliphatic rings. The number of carbonyl (C=O) groups excluding carboxylic acids is 2. The fourth-order valence-electron chi connectivity index (χ4n) is 2.91. The number of esters is 1. The van der Waals surface area contributed by atoms with Gasteiger partial charge in [0.2, 0.25) is 0 Å². The number of ether oxygens (including phenoxy) is 1. The van der Waals surface area contributed by atoms with Crippen LogP contribution in [0.2, 0.25) is 0 Å². The van der Waals surface area contributed by atoms with Gasteiger partial charge < -0.3 is 10.1 Å². The van der Waals surface area contributed by atoms with E-state index in [9.17, 15) is 9.59 Å². The minimum atomic E-state index is -0.906. The van der Waals surface area contributed by atoms with E-state index >= 15 is 0 Å². The normalized spacial score (nSPS) is 11.9. The average molecular weight is 423 g/mol. The van der Waals surface area contributed by atoms with Crippen LogP contribution < -0.4 is 5.32 Å². The van der Waals surface area contributed by atoms with Crippen LogP contribution in [0.1, 0.15) is 12.6 Å². The van der Waals surface area contributed by atoms with Crippen molar-refractivity contribution >= 4 is 51.0 Å². The van der Waals surface area contributed by atoms with Crippen LogP contribution >= 0.6 is 22.7 Å². The van der Waals surface area contributed by atoms with Crippen molar-refractivity contribution in [1.82, 2.24) is 4.98 Å². The second-order valence-corrected chi connectivity index (χ2v) is 8.25. The van der Waals surface area contributed by atoms with E-state index in [-0.39, 0.29) is 12.3 Å². The summed E-state index contributed by atoms with van der Waals surface area (Å²) in [7, 11) is 0. The van der Waals surface area contributed by atoms with Gasteiger partial charge in [0, 0.05) is 16.5 Å². The van der Waals surface area contributed by atoms with Crippen molar-refractivity contribution < 1.29 is 14.3 Å². The number of aromatic nitrogens is 1. The van der Waals surface area contributed by atoms with Crippen molar-refractivity contribution in [3.63, 3.8) is 0 Å². The molecule has 0 bridgehead atoms. The topological polar surface area (TPSA) is 68.3 Å². The molecule has 4 rings (SSSR count). The van der Waals surface area contributed by atoms with E-state index in [2.05, 4.69) is 10.3 Å². The fraction of sp³-hybridized carbons (Fsp3) is 0.136. The molecule has 146 valence electrons. The van der Waals surface area contributed by atoms with Crippen LogP contribution in [0.4, 0.5) is 5.69 Å². The van der Waals surface area contributed by atoms with Crippen molar-refractivity contribution in [2.45, 2.75) is 19.4 Å². The van der Waals surface area contributed by atoms with Gasteiger partial charge in [0.05, 0.1) is 17.0 Å². The molecule has 2 aromatic heterocycles. The molecule has 0 aliphatic heterocycles. The van der Waals surface area contributed by atoms with Crippen molar-refractivity contribution in [2.24, 2.45) is 0 Å². The predicted molar refractivity (Wildman–Crippen MR) is 117 cm³/mol. The maximum absolute atomic E-state index is 12.5. The summed E-state index contributed by atoms with van der Waals surface area (Å²) in [4.78, 5) is 30.3. The van der Waals surface area contributed by atoms with E-state index in [0.29, 0.717) is 11.4 Å². The molecule has 5 nitrogen and oxygen atoms in total. The second-order valence-electron chi connectivity index (χ2n) is 6.45. The third-order valence-electron chi connectivity index (χ3n) is 4.33. The first-order valence-corrected chi connectivity index (χ1v) is 10.8. The molecule has 0 saturated carbocycles. The molecule has 0 spiro atoms. The van der Waals surface area contributed by atoms with Gasteiger partial charge in [-0.25, -0.2) is 4.98 Å². The highest BCUT2D eigenvalue weighted by atomic mass is 32.1. The Morgan fingerprint density at radius 1 is 1.07 bits per heavy atom. The number of anilines is 1. The zero-order chi connectivity index (χ0) is 20.2. The van der Waals surface area contributed by atoms with E-state index in [1.54, 1.807) is 18.3 Å². The van der Waals surface area contributed by atoms with E-state index in [1.807, 2.05) is 65.4 Å². The standard InChI is InChI=1S/C22H18N2O3S2/c1-14(21(26)24-18-9-4-7-15-6-2-3-8-17(15)18)27-20(25)12-16-13-29-22(23-16)19-10-5-11-28-19/h2-11,13-14H,12H2,1H3,(H,24,26). The number of nitrogens with one attached hydrogen (secondary N) is 1. The number of thiazole rings is 1. The van der Waals surface area contributed by atoms with Crippen LogP contribution in [0, 0.1) is 0 Å². The molecule has 2 aromatic carbocycles.